The molecular weight excluding hydrogens is 178 g/mol. The van der Waals surface area contributed by atoms with E-state index in [2.05, 4.69) is 5.32 Å². The van der Waals surface area contributed by atoms with Crippen molar-refractivity contribution in [3.63, 3.8) is 0 Å². The number of esters is 1. The van der Waals surface area contributed by atoms with Crippen LogP contribution in [-0.4, -0.2) is 25.7 Å². The highest BCUT2D eigenvalue weighted by Crippen LogP contribution is 2.28. The summed E-state index contributed by atoms with van der Waals surface area (Å²) in [7, 11) is 1.93. The largest absolute Gasteiger partial charge is 0.466 e. The zero-order chi connectivity index (χ0) is 10.4. The molecule has 0 spiro atoms. The maximum Gasteiger partial charge on any atom is 0.307 e. The van der Waals surface area contributed by atoms with Crippen LogP contribution in [0.4, 0.5) is 0 Å². The summed E-state index contributed by atoms with van der Waals surface area (Å²) >= 11 is 0. The molecule has 3 nitrogen and oxygen atoms in total. The summed E-state index contributed by atoms with van der Waals surface area (Å²) in [4.78, 5) is 11.3. The second-order valence-electron chi connectivity index (χ2n) is 3.95. The van der Waals surface area contributed by atoms with Crippen LogP contribution in [0.1, 0.15) is 39.0 Å². The lowest BCUT2D eigenvalue weighted by atomic mass is 9.95. The molecule has 1 aliphatic rings. The zero-order valence-corrected chi connectivity index (χ0v) is 9.21. The molecule has 0 saturated heterocycles. The van der Waals surface area contributed by atoms with Gasteiger partial charge in [0, 0.05) is 6.04 Å². The number of nitrogens with one attached hydrogen (secondary N) is 1. The van der Waals surface area contributed by atoms with Crippen molar-refractivity contribution in [3.8, 4) is 0 Å². The van der Waals surface area contributed by atoms with Crippen molar-refractivity contribution in [3.05, 3.63) is 0 Å². The van der Waals surface area contributed by atoms with Gasteiger partial charge < -0.3 is 10.1 Å². The van der Waals surface area contributed by atoms with E-state index in [-0.39, 0.29) is 5.97 Å². The van der Waals surface area contributed by atoms with E-state index in [1.165, 1.54) is 25.7 Å². The van der Waals surface area contributed by atoms with Gasteiger partial charge in [0.25, 0.3) is 0 Å². The molecule has 0 radical (unpaired) electrons. The van der Waals surface area contributed by atoms with Crippen molar-refractivity contribution in [2.45, 2.75) is 45.1 Å². The van der Waals surface area contributed by atoms with E-state index in [1.54, 1.807) is 0 Å². The van der Waals surface area contributed by atoms with E-state index < -0.39 is 0 Å². The maximum atomic E-state index is 11.3. The van der Waals surface area contributed by atoms with Crippen molar-refractivity contribution in [2.24, 2.45) is 5.92 Å². The van der Waals surface area contributed by atoms with Gasteiger partial charge in [0.1, 0.15) is 0 Å². The number of rotatable bonds is 5. The van der Waals surface area contributed by atoms with E-state index in [0.717, 1.165) is 0 Å². The first-order valence-corrected chi connectivity index (χ1v) is 5.60. The highest BCUT2D eigenvalue weighted by atomic mass is 16.5. The number of hydrogen-bond donors (Lipinski definition) is 1. The fourth-order valence-electron chi connectivity index (χ4n) is 2.26. The quantitative estimate of drug-likeness (QED) is 0.685. The average Bonchev–Trinajstić information content (AvgIpc) is 2.67. The van der Waals surface area contributed by atoms with Crippen LogP contribution in [0, 0.1) is 5.92 Å². The minimum atomic E-state index is -0.0706. The van der Waals surface area contributed by atoms with Crippen LogP contribution < -0.4 is 5.32 Å². The summed E-state index contributed by atoms with van der Waals surface area (Å²) in [6, 6.07) is 0.316. The molecule has 1 aliphatic carbocycles. The van der Waals surface area contributed by atoms with Gasteiger partial charge in [0.2, 0.25) is 0 Å². The molecule has 3 heteroatoms. The van der Waals surface area contributed by atoms with Crippen LogP contribution in [0.5, 0.6) is 0 Å². The Morgan fingerprint density at radius 2 is 2.14 bits per heavy atom. The minimum absolute atomic E-state index is 0.0706. The topological polar surface area (TPSA) is 38.3 Å². The Labute approximate surface area is 86.2 Å². The lowest BCUT2D eigenvalue weighted by Crippen LogP contribution is -2.34. The smallest absolute Gasteiger partial charge is 0.307 e. The zero-order valence-electron chi connectivity index (χ0n) is 9.21. The van der Waals surface area contributed by atoms with Crippen LogP contribution in [0.25, 0.3) is 0 Å². The first kappa shape index (κ1) is 11.5. The molecule has 1 rings (SSSR count). The number of carbonyl (C=O) groups excluding carboxylic acids is 1. The molecule has 0 aromatic rings. The van der Waals surface area contributed by atoms with Crippen molar-refractivity contribution in [1.29, 1.82) is 0 Å². The van der Waals surface area contributed by atoms with E-state index in [4.69, 9.17) is 4.74 Å². The SMILES string of the molecule is CCOC(=O)CC(NC)C1CCCC1. The van der Waals surface area contributed by atoms with E-state index in [0.29, 0.717) is 25.0 Å². The fraction of sp³-hybridized carbons (Fsp3) is 0.909. The molecule has 1 unspecified atom stereocenters. The lowest BCUT2D eigenvalue weighted by Gasteiger charge is -2.21. The standard InChI is InChI=1S/C11H21NO2/c1-3-14-11(13)8-10(12-2)9-6-4-5-7-9/h9-10,12H,3-8H2,1-2H3. The Balaban J connectivity index is 2.33. The van der Waals surface area contributed by atoms with Gasteiger partial charge >= 0.3 is 5.97 Å². The second kappa shape index (κ2) is 6.02. The van der Waals surface area contributed by atoms with E-state index >= 15 is 0 Å². The molecule has 0 bridgehead atoms. The molecular formula is C11H21NO2. The Hall–Kier alpha value is -0.570. The summed E-state index contributed by atoms with van der Waals surface area (Å²) in [5.41, 5.74) is 0. The molecule has 0 aliphatic heterocycles. The molecule has 1 N–H and O–H groups in total. The Morgan fingerprint density at radius 3 is 2.64 bits per heavy atom. The van der Waals surface area contributed by atoms with Crippen molar-refractivity contribution in [2.75, 3.05) is 13.7 Å². The van der Waals surface area contributed by atoms with Gasteiger partial charge in [-0.15, -0.1) is 0 Å². The van der Waals surface area contributed by atoms with E-state index in [1.807, 2.05) is 14.0 Å². The normalized spacial score (nSPS) is 19.6. The molecule has 82 valence electrons. The van der Waals surface area contributed by atoms with Crippen LogP contribution in [0.3, 0.4) is 0 Å². The van der Waals surface area contributed by atoms with Gasteiger partial charge in [-0.05, 0) is 32.7 Å². The average molecular weight is 199 g/mol. The number of ether oxygens (including phenoxy) is 1. The number of carbonyl (C=O) groups is 1. The molecule has 0 amide bonds. The highest BCUT2D eigenvalue weighted by molar-refractivity contribution is 5.70. The molecule has 1 atom stereocenters. The Morgan fingerprint density at radius 1 is 1.50 bits per heavy atom. The molecule has 14 heavy (non-hydrogen) atoms. The van der Waals surface area contributed by atoms with Gasteiger partial charge in [-0.25, -0.2) is 0 Å². The first-order chi connectivity index (χ1) is 6.77. The highest BCUT2D eigenvalue weighted by Gasteiger charge is 2.25. The lowest BCUT2D eigenvalue weighted by molar-refractivity contribution is -0.144. The summed E-state index contributed by atoms with van der Waals surface area (Å²) in [5.74, 6) is 0.600. The van der Waals surface area contributed by atoms with Gasteiger partial charge in [-0.3, -0.25) is 4.79 Å². The monoisotopic (exact) mass is 199 g/mol. The summed E-state index contributed by atoms with van der Waals surface area (Å²) in [6.07, 6.45) is 5.65. The third kappa shape index (κ3) is 3.29. The third-order valence-corrected chi connectivity index (χ3v) is 3.03. The Bertz CT molecular complexity index is 176. The fourth-order valence-corrected chi connectivity index (χ4v) is 2.26. The predicted molar refractivity (Wildman–Crippen MR) is 56.1 cm³/mol. The second-order valence-corrected chi connectivity index (χ2v) is 3.95. The minimum Gasteiger partial charge on any atom is -0.466 e. The maximum absolute atomic E-state index is 11.3. The van der Waals surface area contributed by atoms with Crippen LogP contribution in [-0.2, 0) is 9.53 Å². The van der Waals surface area contributed by atoms with Crippen molar-refractivity contribution in [1.82, 2.24) is 5.32 Å². The predicted octanol–water partition coefficient (Wildman–Crippen LogP) is 1.72. The van der Waals surface area contributed by atoms with E-state index in [9.17, 15) is 4.79 Å². The molecule has 0 aromatic carbocycles. The van der Waals surface area contributed by atoms with Crippen molar-refractivity contribution >= 4 is 5.97 Å². The van der Waals surface area contributed by atoms with Gasteiger partial charge in [0.05, 0.1) is 13.0 Å². The van der Waals surface area contributed by atoms with Gasteiger partial charge in [-0.1, -0.05) is 12.8 Å². The molecule has 1 saturated carbocycles. The van der Waals surface area contributed by atoms with Gasteiger partial charge in [-0.2, -0.15) is 0 Å². The summed E-state index contributed by atoms with van der Waals surface area (Å²) < 4.78 is 4.95. The molecule has 1 fully saturated rings. The summed E-state index contributed by atoms with van der Waals surface area (Å²) in [6.45, 7) is 2.34. The van der Waals surface area contributed by atoms with Crippen LogP contribution >= 0.6 is 0 Å². The van der Waals surface area contributed by atoms with Crippen LogP contribution in [0.2, 0.25) is 0 Å². The third-order valence-electron chi connectivity index (χ3n) is 3.03. The molecule has 0 heterocycles. The Kier molecular flexibility index (Phi) is 4.94. The molecule has 0 aromatic heterocycles. The number of hydrogen-bond acceptors (Lipinski definition) is 3. The first-order valence-electron chi connectivity index (χ1n) is 5.60. The summed E-state index contributed by atoms with van der Waals surface area (Å²) in [5, 5.41) is 3.23. The van der Waals surface area contributed by atoms with Gasteiger partial charge in [0.15, 0.2) is 0 Å². The van der Waals surface area contributed by atoms with Crippen LogP contribution in [0.15, 0.2) is 0 Å². The van der Waals surface area contributed by atoms with Crippen molar-refractivity contribution < 1.29 is 9.53 Å².